The maximum absolute atomic E-state index is 11.6. The van der Waals surface area contributed by atoms with Gasteiger partial charge in [0.15, 0.2) is 0 Å². The highest BCUT2D eigenvalue weighted by Crippen LogP contribution is 2.32. The summed E-state index contributed by atoms with van der Waals surface area (Å²) in [7, 11) is 1.87. The van der Waals surface area contributed by atoms with Crippen molar-refractivity contribution in [3.05, 3.63) is 54.7 Å². The van der Waals surface area contributed by atoms with Crippen LogP contribution >= 0.6 is 0 Å². The number of nitrogens with one attached hydrogen (secondary N) is 1. The van der Waals surface area contributed by atoms with E-state index in [1.807, 2.05) is 43.8 Å². The number of rotatable bonds is 4. The van der Waals surface area contributed by atoms with E-state index in [1.54, 1.807) is 21.6 Å². The first kappa shape index (κ1) is 21.2. The molecule has 168 valence electrons. The van der Waals surface area contributed by atoms with E-state index in [-0.39, 0.29) is 11.9 Å². The first-order chi connectivity index (χ1) is 16.6. The van der Waals surface area contributed by atoms with Crippen LogP contribution in [0.2, 0.25) is 0 Å². The highest BCUT2D eigenvalue weighted by atomic mass is 16.1. The molecule has 1 amide bonds. The van der Waals surface area contributed by atoms with Gasteiger partial charge in [-0.25, -0.2) is 9.50 Å². The third-order valence-corrected chi connectivity index (χ3v) is 6.04. The van der Waals surface area contributed by atoms with Crippen molar-refractivity contribution >= 4 is 17.2 Å². The van der Waals surface area contributed by atoms with Crippen LogP contribution in [0.3, 0.4) is 0 Å². The van der Waals surface area contributed by atoms with E-state index in [2.05, 4.69) is 32.4 Å². The maximum Gasteiger partial charge on any atom is 0.295 e. The van der Waals surface area contributed by atoms with Gasteiger partial charge < -0.3 is 10.2 Å². The normalized spacial score (nSPS) is 15.6. The number of aromatic nitrogens is 5. The molecule has 1 atom stereocenters. The Bertz CT molecular complexity index is 1450. The number of anilines is 1. The van der Waals surface area contributed by atoms with Crippen LogP contribution in [0.15, 0.2) is 49.2 Å². The predicted octanol–water partition coefficient (Wildman–Crippen LogP) is 2.39. The third kappa shape index (κ3) is 3.96. The number of carbonyl (C=O) groups is 1. The molecule has 4 aromatic rings. The third-order valence-electron chi connectivity index (χ3n) is 6.04. The van der Waals surface area contributed by atoms with Crippen LogP contribution in [-0.2, 0) is 11.8 Å². The molecule has 0 saturated carbocycles. The van der Waals surface area contributed by atoms with Crippen LogP contribution < -0.4 is 10.2 Å². The Kier molecular flexibility index (Phi) is 5.44. The molecule has 1 fully saturated rings. The summed E-state index contributed by atoms with van der Waals surface area (Å²) in [6, 6.07) is 8.24. The average Bonchev–Trinajstić information content (AvgIpc) is 3.49. The molecule has 1 unspecified atom stereocenters. The maximum atomic E-state index is 11.6. The number of amides is 1. The van der Waals surface area contributed by atoms with Gasteiger partial charge in [0, 0.05) is 67.0 Å². The molecule has 0 radical (unpaired) electrons. The number of pyridine rings is 2. The van der Waals surface area contributed by atoms with Gasteiger partial charge in [0.2, 0.25) is 0 Å². The molecule has 0 spiro atoms. The summed E-state index contributed by atoms with van der Waals surface area (Å²) < 4.78 is 3.48. The fourth-order valence-electron chi connectivity index (χ4n) is 4.41. The highest BCUT2D eigenvalue weighted by molar-refractivity contribution is 5.93. The average molecular weight is 451 g/mol. The van der Waals surface area contributed by atoms with Gasteiger partial charge in [0.1, 0.15) is 11.9 Å². The largest absolute Gasteiger partial charge is 0.355 e. The lowest BCUT2D eigenvalue weighted by molar-refractivity contribution is -0.116. The topological polar surface area (TPSA) is 104 Å². The molecule has 0 aromatic carbocycles. The van der Waals surface area contributed by atoms with E-state index >= 15 is 0 Å². The Balaban J connectivity index is 1.49. The Labute approximate surface area is 196 Å². The van der Waals surface area contributed by atoms with Crippen molar-refractivity contribution in [2.24, 2.45) is 7.05 Å². The van der Waals surface area contributed by atoms with Crippen molar-refractivity contribution in [3.8, 4) is 40.7 Å². The lowest BCUT2D eigenvalue weighted by Crippen LogP contribution is -2.47. The summed E-state index contributed by atoms with van der Waals surface area (Å²) in [5.41, 5.74) is 4.88. The van der Waals surface area contributed by atoms with Crippen molar-refractivity contribution in [1.82, 2.24) is 29.7 Å². The monoisotopic (exact) mass is 450 g/mol. The molecule has 1 N–H and O–H groups in total. The summed E-state index contributed by atoms with van der Waals surface area (Å²) in [5.74, 6) is 2.56. The highest BCUT2D eigenvalue weighted by Gasteiger charge is 2.22. The Morgan fingerprint density at radius 1 is 1.18 bits per heavy atom. The van der Waals surface area contributed by atoms with Gasteiger partial charge in [-0.05, 0) is 37.0 Å². The molecule has 1 aliphatic heterocycles. The van der Waals surface area contributed by atoms with Crippen LogP contribution in [0.25, 0.3) is 27.8 Å². The minimum Gasteiger partial charge on any atom is -0.355 e. The fourth-order valence-corrected chi connectivity index (χ4v) is 4.41. The first-order valence-corrected chi connectivity index (χ1v) is 10.9. The van der Waals surface area contributed by atoms with E-state index in [0.717, 1.165) is 53.0 Å². The molecular formula is C25H22N8O. The van der Waals surface area contributed by atoms with Crippen molar-refractivity contribution in [2.45, 2.75) is 18.9 Å². The molecule has 0 bridgehead atoms. The zero-order valence-corrected chi connectivity index (χ0v) is 18.6. The second kappa shape index (κ2) is 8.72. The summed E-state index contributed by atoms with van der Waals surface area (Å²) in [6.07, 6.45) is 16.0. The van der Waals surface area contributed by atoms with Crippen LogP contribution in [0.4, 0.5) is 5.82 Å². The number of fused-ring (bicyclic) bond motifs is 1. The lowest BCUT2D eigenvalue weighted by Gasteiger charge is -2.33. The quantitative estimate of drug-likeness (QED) is 0.479. The zero-order chi connectivity index (χ0) is 23.7. The van der Waals surface area contributed by atoms with Crippen molar-refractivity contribution in [3.63, 3.8) is 0 Å². The van der Waals surface area contributed by atoms with Crippen molar-refractivity contribution < 1.29 is 4.79 Å². The molecule has 9 heteroatoms. The number of terminal acetylenes is 1. The Hall–Kier alpha value is -4.63. The van der Waals surface area contributed by atoms with Crippen molar-refractivity contribution in [1.29, 1.82) is 5.26 Å². The van der Waals surface area contributed by atoms with Gasteiger partial charge in [-0.2, -0.15) is 15.5 Å². The van der Waals surface area contributed by atoms with E-state index in [0.29, 0.717) is 12.1 Å². The second-order valence-corrected chi connectivity index (χ2v) is 8.32. The number of nitrogens with zero attached hydrogens (tertiary/aromatic N) is 7. The fraction of sp³-hybridized carbons (Fsp3) is 0.240. The van der Waals surface area contributed by atoms with Gasteiger partial charge in [-0.15, -0.1) is 6.42 Å². The lowest BCUT2D eigenvalue weighted by atomic mass is 10.0. The molecule has 5 rings (SSSR count). The van der Waals surface area contributed by atoms with Crippen molar-refractivity contribution in [2.75, 3.05) is 18.0 Å². The number of nitriles is 1. The van der Waals surface area contributed by atoms with E-state index in [1.165, 1.54) is 0 Å². The molecule has 9 nitrogen and oxygen atoms in total. The van der Waals surface area contributed by atoms with Gasteiger partial charge in [-0.3, -0.25) is 9.48 Å². The second-order valence-electron chi connectivity index (χ2n) is 8.32. The van der Waals surface area contributed by atoms with Gasteiger partial charge >= 0.3 is 0 Å². The zero-order valence-electron chi connectivity index (χ0n) is 18.6. The van der Waals surface area contributed by atoms with Crippen LogP contribution in [0.5, 0.6) is 0 Å². The van der Waals surface area contributed by atoms with Gasteiger partial charge in [0.25, 0.3) is 5.91 Å². The standard InChI is InChI=1S/C25H22N8O/c1-3-24(34)30-21-5-4-8-32(16-21)23-7-6-17(11-27-23)22-9-18(20-13-28-31(2)14-20)15-33-25(22)19(10-26)12-29-33/h1,6-7,9,11-15,21H,4-5,8,16H2,2H3,(H,30,34). The van der Waals surface area contributed by atoms with Crippen LogP contribution in [-0.4, -0.2) is 49.4 Å². The van der Waals surface area contributed by atoms with Crippen LogP contribution in [0, 0.1) is 23.7 Å². The number of carbonyl (C=O) groups excluding carboxylic acids is 1. The molecule has 5 heterocycles. The number of hydrogen-bond donors (Lipinski definition) is 1. The first-order valence-electron chi connectivity index (χ1n) is 10.9. The summed E-state index contributed by atoms with van der Waals surface area (Å²) in [6.45, 7) is 1.51. The smallest absolute Gasteiger partial charge is 0.295 e. The van der Waals surface area contributed by atoms with E-state index in [9.17, 15) is 10.1 Å². The summed E-state index contributed by atoms with van der Waals surface area (Å²) in [5, 5.41) is 21.1. The predicted molar refractivity (Wildman–Crippen MR) is 128 cm³/mol. The molecule has 0 aliphatic carbocycles. The van der Waals surface area contributed by atoms with Gasteiger partial charge in [-0.1, -0.05) is 0 Å². The number of aryl methyl sites for hydroxylation is 1. The van der Waals surface area contributed by atoms with Crippen LogP contribution in [0.1, 0.15) is 18.4 Å². The van der Waals surface area contributed by atoms with E-state index < -0.39 is 0 Å². The molecular weight excluding hydrogens is 428 g/mol. The van der Waals surface area contributed by atoms with E-state index in [4.69, 9.17) is 11.4 Å². The Morgan fingerprint density at radius 3 is 2.76 bits per heavy atom. The molecule has 34 heavy (non-hydrogen) atoms. The number of piperidine rings is 1. The minimum absolute atomic E-state index is 0.000422. The van der Waals surface area contributed by atoms with Gasteiger partial charge in [0.05, 0.1) is 23.5 Å². The Morgan fingerprint density at radius 2 is 2.06 bits per heavy atom. The molecule has 4 aromatic heterocycles. The number of hydrogen-bond acceptors (Lipinski definition) is 6. The summed E-state index contributed by atoms with van der Waals surface area (Å²) in [4.78, 5) is 18.4. The molecule has 1 saturated heterocycles. The minimum atomic E-state index is -0.387. The SMILES string of the molecule is C#CC(=O)NC1CCCN(c2ccc(-c3cc(-c4cnn(C)c4)cn4ncc(C#N)c34)cn2)C1. The molecule has 1 aliphatic rings. The summed E-state index contributed by atoms with van der Waals surface area (Å²) >= 11 is 0.